The summed E-state index contributed by atoms with van der Waals surface area (Å²) >= 11 is 1.37. The van der Waals surface area contributed by atoms with E-state index in [0.717, 1.165) is 35.5 Å². The molecule has 0 aliphatic carbocycles. The number of hydrogen-bond donors (Lipinski definition) is 1. The smallest absolute Gasteiger partial charge is 0.289 e. The van der Waals surface area contributed by atoms with Gasteiger partial charge in [0.25, 0.3) is 11.9 Å². The molecule has 1 amide bonds. The second-order valence-electron chi connectivity index (χ2n) is 5.65. The van der Waals surface area contributed by atoms with Crippen molar-refractivity contribution in [2.45, 2.75) is 6.18 Å². The monoisotopic (exact) mass is 388 g/mol. The molecule has 2 aromatic heterocycles. The molecule has 1 N–H and O–H groups in total. The molecule has 27 heavy (non-hydrogen) atoms. The third-order valence-electron chi connectivity index (χ3n) is 3.85. The molecule has 0 fully saturated rings. The first-order valence-electron chi connectivity index (χ1n) is 7.80. The van der Waals surface area contributed by atoms with Crippen LogP contribution in [0, 0.1) is 0 Å². The number of fused-ring (bicyclic) bond motifs is 1. The maximum atomic E-state index is 12.6. The van der Waals surface area contributed by atoms with Crippen molar-refractivity contribution < 1.29 is 18.0 Å². The van der Waals surface area contributed by atoms with E-state index in [9.17, 15) is 18.0 Å². The normalized spacial score (nSPS) is 11.7. The van der Waals surface area contributed by atoms with E-state index in [1.54, 1.807) is 4.52 Å². The van der Waals surface area contributed by atoms with Gasteiger partial charge in [0.05, 0.1) is 11.3 Å². The van der Waals surface area contributed by atoms with Crippen LogP contribution >= 0.6 is 11.3 Å². The number of anilines is 1. The predicted octanol–water partition coefficient (Wildman–Crippen LogP) is 4.73. The molecule has 0 aliphatic rings. The summed E-state index contributed by atoms with van der Waals surface area (Å²) in [5, 5.41) is 8.70. The van der Waals surface area contributed by atoms with Crippen molar-refractivity contribution in [1.82, 2.24) is 14.6 Å². The summed E-state index contributed by atoms with van der Waals surface area (Å²) in [6.07, 6.45) is -4.45. The van der Waals surface area contributed by atoms with Gasteiger partial charge in [0.15, 0.2) is 0 Å². The van der Waals surface area contributed by atoms with E-state index in [2.05, 4.69) is 15.4 Å². The van der Waals surface area contributed by atoms with Gasteiger partial charge in [-0.1, -0.05) is 30.3 Å². The Morgan fingerprint density at radius 3 is 2.41 bits per heavy atom. The second kappa shape index (κ2) is 6.51. The molecule has 2 aromatic carbocycles. The maximum Gasteiger partial charge on any atom is 0.416 e. The number of nitrogens with zero attached hydrogens (tertiary/aromatic N) is 3. The molecule has 136 valence electrons. The van der Waals surface area contributed by atoms with Gasteiger partial charge in [0.1, 0.15) is 0 Å². The van der Waals surface area contributed by atoms with Crippen LogP contribution in [-0.2, 0) is 6.18 Å². The fourth-order valence-corrected chi connectivity index (χ4v) is 3.36. The molecule has 9 heteroatoms. The number of amides is 1. The van der Waals surface area contributed by atoms with Crippen LogP contribution in [0.2, 0.25) is 0 Å². The second-order valence-corrected chi connectivity index (χ2v) is 6.48. The lowest BCUT2D eigenvalue weighted by atomic mass is 10.1. The average Bonchev–Trinajstić information content (AvgIpc) is 3.22. The van der Waals surface area contributed by atoms with Crippen LogP contribution in [0.4, 0.5) is 19.1 Å². The lowest BCUT2D eigenvalue weighted by Gasteiger charge is -2.07. The largest absolute Gasteiger partial charge is 0.416 e. The first-order chi connectivity index (χ1) is 12.9. The van der Waals surface area contributed by atoms with Gasteiger partial charge in [-0.2, -0.15) is 18.2 Å². The number of rotatable bonds is 3. The highest BCUT2D eigenvalue weighted by molar-refractivity contribution is 7.15. The highest BCUT2D eigenvalue weighted by Gasteiger charge is 2.30. The molecule has 0 radical (unpaired) electrons. The van der Waals surface area contributed by atoms with Gasteiger partial charge in [-0.05, 0) is 24.3 Å². The van der Waals surface area contributed by atoms with Crippen molar-refractivity contribution in [2.75, 3.05) is 5.32 Å². The topological polar surface area (TPSA) is 59.3 Å². The van der Waals surface area contributed by atoms with Gasteiger partial charge in [0.2, 0.25) is 4.96 Å². The molecule has 0 bridgehead atoms. The van der Waals surface area contributed by atoms with Crippen molar-refractivity contribution in [3.05, 3.63) is 71.1 Å². The van der Waals surface area contributed by atoms with Crippen molar-refractivity contribution in [3.8, 4) is 11.3 Å². The van der Waals surface area contributed by atoms with Crippen molar-refractivity contribution in [1.29, 1.82) is 0 Å². The predicted molar refractivity (Wildman–Crippen MR) is 95.7 cm³/mol. The summed E-state index contributed by atoms with van der Waals surface area (Å²) in [5.74, 6) is -0.493. The first kappa shape index (κ1) is 17.2. The van der Waals surface area contributed by atoms with Crippen LogP contribution in [0.5, 0.6) is 0 Å². The number of alkyl halides is 3. The van der Waals surface area contributed by atoms with E-state index < -0.39 is 17.6 Å². The summed E-state index contributed by atoms with van der Waals surface area (Å²) in [4.78, 5) is 17.1. The van der Waals surface area contributed by atoms with E-state index in [1.165, 1.54) is 11.3 Å². The Balaban J connectivity index is 1.57. The summed E-state index contributed by atoms with van der Waals surface area (Å²) in [6, 6.07) is 13.5. The quantitative estimate of drug-likeness (QED) is 0.552. The van der Waals surface area contributed by atoms with Gasteiger partial charge in [-0.3, -0.25) is 10.1 Å². The van der Waals surface area contributed by atoms with E-state index in [-0.39, 0.29) is 11.5 Å². The summed E-state index contributed by atoms with van der Waals surface area (Å²) in [5.41, 5.74) is 1.06. The highest BCUT2D eigenvalue weighted by atomic mass is 32.1. The Hall–Kier alpha value is -3.20. The van der Waals surface area contributed by atoms with Crippen LogP contribution in [0.15, 0.2) is 60.0 Å². The zero-order valence-electron chi connectivity index (χ0n) is 13.6. The van der Waals surface area contributed by atoms with Crippen LogP contribution in [0.1, 0.15) is 15.9 Å². The lowest BCUT2D eigenvalue weighted by Crippen LogP contribution is -2.14. The van der Waals surface area contributed by atoms with Crippen LogP contribution in [0.3, 0.4) is 0 Å². The zero-order chi connectivity index (χ0) is 19.0. The van der Waals surface area contributed by atoms with Gasteiger partial charge in [-0.15, -0.1) is 16.4 Å². The molecule has 0 aliphatic heterocycles. The van der Waals surface area contributed by atoms with Crippen molar-refractivity contribution >= 4 is 28.2 Å². The van der Waals surface area contributed by atoms with Crippen LogP contribution < -0.4 is 5.32 Å². The number of thiazole rings is 1. The van der Waals surface area contributed by atoms with Gasteiger partial charge < -0.3 is 0 Å². The summed E-state index contributed by atoms with van der Waals surface area (Å²) in [7, 11) is 0. The number of hydrogen-bond acceptors (Lipinski definition) is 4. The fraction of sp³-hybridized carbons (Fsp3) is 0.0556. The summed E-state index contributed by atoms with van der Waals surface area (Å²) in [6.45, 7) is 0. The average molecular weight is 388 g/mol. The van der Waals surface area contributed by atoms with Crippen molar-refractivity contribution in [2.24, 2.45) is 0 Å². The third kappa shape index (κ3) is 3.41. The maximum absolute atomic E-state index is 12.6. The zero-order valence-corrected chi connectivity index (χ0v) is 14.4. The van der Waals surface area contributed by atoms with E-state index in [1.807, 2.05) is 35.7 Å². The Morgan fingerprint density at radius 2 is 1.74 bits per heavy atom. The van der Waals surface area contributed by atoms with Gasteiger partial charge in [0, 0.05) is 16.5 Å². The highest BCUT2D eigenvalue weighted by Crippen LogP contribution is 2.29. The minimum atomic E-state index is -4.45. The van der Waals surface area contributed by atoms with E-state index in [4.69, 9.17) is 0 Å². The molecular weight excluding hydrogens is 377 g/mol. The van der Waals surface area contributed by atoms with Gasteiger partial charge in [-0.25, -0.2) is 4.52 Å². The molecule has 2 heterocycles. The van der Waals surface area contributed by atoms with E-state index in [0.29, 0.717) is 4.96 Å². The molecule has 0 saturated heterocycles. The van der Waals surface area contributed by atoms with Crippen molar-refractivity contribution in [3.63, 3.8) is 0 Å². The molecule has 0 spiro atoms. The Kier molecular flexibility index (Phi) is 4.15. The molecule has 0 atom stereocenters. The number of aromatic nitrogens is 3. The Labute approximate surface area is 155 Å². The minimum absolute atomic E-state index is 0.0870. The number of halogens is 3. The number of carbonyl (C=O) groups excluding carboxylic acids is 1. The van der Waals surface area contributed by atoms with E-state index >= 15 is 0 Å². The molecule has 0 saturated carbocycles. The Morgan fingerprint density at radius 1 is 1.04 bits per heavy atom. The van der Waals surface area contributed by atoms with Crippen LogP contribution in [0.25, 0.3) is 16.2 Å². The standard InChI is InChI=1S/C18H11F3N4OS/c19-18(20,21)13-8-6-12(7-9-13)15(26)22-16-23-17-25(24-16)14(10-27-17)11-4-2-1-3-5-11/h1-10H,(H,22,24,26). The Bertz CT molecular complexity index is 1100. The lowest BCUT2D eigenvalue weighted by molar-refractivity contribution is -0.137. The minimum Gasteiger partial charge on any atom is -0.289 e. The third-order valence-corrected chi connectivity index (χ3v) is 4.67. The first-order valence-corrected chi connectivity index (χ1v) is 8.68. The summed E-state index contributed by atoms with van der Waals surface area (Å²) < 4.78 is 39.4. The number of nitrogens with one attached hydrogen (secondary N) is 1. The molecule has 5 nitrogen and oxygen atoms in total. The molecule has 4 aromatic rings. The van der Waals surface area contributed by atoms with Gasteiger partial charge >= 0.3 is 6.18 Å². The molecular formula is C18H11F3N4OS. The fourth-order valence-electron chi connectivity index (χ4n) is 2.53. The molecule has 0 unspecified atom stereocenters. The molecule has 4 rings (SSSR count). The van der Waals surface area contributed by atoms with Crippen LogP contribution in [-0.4, -0.2) is 20.5 Å². The number of benzene rings is 2. The SMILES string of the molecule is O=C(Nc1nc2scc(-c3ccccc3)n2n1)c1ccc(C(F)(F)F)cc1. The number of carbonyl (C=O) groups is 1.